The predicted molar refractivity (Wildman–Crippen MR) is 66.7 cm³/mol. The molecule has 5 heteroatoms. The average molecular weight is 255 g/mol. The van der Waals surface area contributed by atoms with E-state index in [4.69, 9.17) is 9.47 Å². The van der Waals surface area contributed by atoms with E-state index in [1.165, 1.54) is 0 Å². The van der Waals surface area contributed by atoms with Gasteiger partial charge in [0.1, 0.15) is 13.2 Å². The first-order chi connectivity index (χ1) is 8.59. The Kier molecular flexibility index (Phi) is 4.02. The molecule has 18 heavy (non-hydrogen) atoms. The van der Waals surface area contributed by atoms with Gasteiger partial charge < -0.3 is 9.47 Å². The maximum atomic E-state index is 11.1. The summed E-state index contributed by atoms with van der Waals surface area (Å²) < 4.78 is 11.3. The molecule has 0 aromatic rings. The van der Waals surface area contributed by atoms with Crippen LogP contribution in [0.25, 0.3) is 0 Å². The van der Waals surface area contributed by atoms with E-state index < -0.39 is 5.54 Å². The average Bonchev–Trinajstić information content (AvgIpc) is 2.39. The number of nitro groups is 1. The predicted octanol–water partition coefficient (Wildman–Crippen LogP) is 2.39. The maximum Gasteiger partial charge on any atom is 0.267 e. The van der Waals surface area contributed by atoms with Crippen LogP contribution in [0, 0.1) is 22.0 Å². The normalized spacial score (nSPS) is 40.7. The highest BCUT2D eigenvalue weighted by Gasteiger charge is 2.48. The lowest BCUT2D eigenvalue weighted by atomic mass is 9.83. The molecule has 1 aliphatic carbocycles. The molecule has 0 bridgehead atoms. The van der Waals surface area contributed by atoms with Gasteiger partial charge in [-0.3, -0.25) is 10.1 Å². The lowest BCUT2D eigenvalue weighted by Crippen LogP contribution is -2.54. The number of nitrogens with zero attached hydrogens (tertiary/aromatic N) is 1. The third-order valence-electron chi connectivity index (χ3n) is 4.24. The second-order valence-corrected chi connectivity index (χ2v) is 5.41. The molecule has 0 amide bonds. The zero-order chi connectivity index (χ0) is 13.2. The van der Waals surface area contributed by atoms with E-state index in [2.05, 4.69) is 19.1 Å². The number of hydrogen-bond acceptors (Lipinski definition) is 4. The molecule has 0 N–H and O–H groups in total. The van der Waals surface area contributed by atoms with E-state index in [9.17, 15) is 10.1 Å². The minimum absolute atomic E-state index is 0.161. The standard InChI is InChI=1S/C13H21NO4/c1-3-13(14(15)16)8-17-12(18-9-13)11-7-5-4-6-10(11)2/h4-5,10-12H,3,6-9H2,1-2H3/t10-,11-,12?,13?/m1/s1. The summed E-state index contributed by atoms with van der Waals surface area (Å²) in [5.41, 5.74) is -1.05. The van der Waals surface area contributed by atoms with Crippen LogP contribution in [-0.2, 0) is 9.47 Å². The summed E-state index contributed by atoms with van der Waals surface area (Å²) in [5.74, 6) is 0.821. The van der Waals surface area contributed by atoms with Crippen LogP contribution < -0.4 is 0 Å². The van der Waals surface area contributed by atoms with Gasteiger partial charge >= 0.3 is 0 Å². The monoisotopic (exact) mass is 255 g/mol. The maximum absolute atomic E-state index is 11.1. The SMILES string of the molecule is CCC1([N+](=O)[O-])COC([C@@H]2CC=CC[C@H]2C)OC1. The highest BCUT2D eigenvalue weighted by atomic mass is 16.7. The molecule has 0 saturated carbocycles. The first kappa shape index (κ1) is 13.5. The van der Waals surface area contributed by atoms with E-state index in [-0.39, 0.29) is 24.4 Å². The summed E-state index contributed by atoms with van der Waals surface area (Å²) in [7, 11) is 0. The Bertz CT molecular complexity index is 334. The van der Waals surface area contributed by atoms with Crippen molar-refractivity contribution in [1.29, 1.82) is 0 Å². The van der Waals surface area contributed by atoms with Gasteiger partial charge in [0, 0.05) is 17.3 Å². The van der Waals surface area contributed by atoms with Crippen LogP contribution in [0.1, 0.15) is 33.1 Å². The van der Waals surface area contributed by atoms with Crippen LogP contribution in [0.2, 0.25) is 0 Å². The molecule has 2 rings (SSSR count). The molecule has 1 fully saturated rings. The van der Waals surface area contributed by atoms with Gasteiger partial charge in [0.15, 0.2) is 6.29 Å². The van der Waals surface area contributed by atoms with Gasteiger partial charge in [-0.05, 0) is 18.8 Å². The van der Waals surface area contributed by atoms with Gasteiger partial charge in [-0.25, -0.2) is 0 Å². The molecule has 2 atom stereocenters. The van der Waals surface area contributed by atoms with Crippen molar-refractivity contribution in [1.82, 2.24) is 0 Å². The molecule has 1 saturated heterocycles. The summed E-state index contributed by atoms with van der Waals surface area (Å²) in [6, 6.07) is 0. The third-order valence-corrected chi connectivity index (χ3v) is 4.24. The minimum Gasteiger partial charge on any atom is -0.345 e. The smallest absolute Gasteiger partial charge is 0.267 e. The van der Waals surface area contributed by atoms with E-state index in [0.717, 1.165) is 12.8 Å². The van der Waals surface area contributed by atoms with Gasteiger partial charge in [0.2, 0.25) is 0 Å². The number of ether oxygens (including phenoxy) is 2. The summed E-state index contributed by atoms with van der Waals surface area (Å²) in [6.07, 6.45) is 6.44. The summed E-state index contributed by atoms with van der Waals surface area (Å²) in [6.45, 7) is 4.31. The van der Waals surface area contributed by atoms with E-state index >= 15 is 0 Å². The lowest BCUT2D eigenvalue weighted by Gasteiger charge is -2.39. The van der Waals surface area contributed by atoms with Gasteiger partial charge in [-0.15, -0.1) is 0 Å². The molecule has 2 aliphatic rings. The molecule has 5 nitrogen and oxygen atoms in total. The first-order valence-corrected chi connectivity index (χ1v) is 6.62. The zero-order valence-electron chi connectivity index (χ0n) is 11.0. The van der Waals surface area contributed by atoms with Crippen LogP contribution >= 0.6 is 0 Å². The zero-order valence-corrected chi connectivity index (χ0v) is 11.0. The minimum atomic E-state index is -1.05. The highest BCUT2D eigenvalue weighted by Crippen LogP contribution is 2.34. The molecule has 0 aromatic heterocycles. The lowest BCUT2D eigenvalue weighted by molar-refractivity contribution is -0.593. The third kappa shape index (κ3) is 2.42. The van der Waals surface area contributed by atoms with E-state index in [1.54, 1.807) is 0 Å². The van der Waals surface area contributed by atoms with Crippen molar-refractivity contribution >= 4 is 0 Å². The Hall–Kier alpha value is -0.940. The quantitative estimate of drug-likeness (QED) is 0.441. The number of allylic oxidation sites excluding steroid dienone is 2. The van der Waals surface area contributed by atoms with Crippen LogP contribution in [-0.4, -0.2) is 30.0 Å². The Morgan fingerprint density at radius 3 is 2.44 bits per heavy atom. The number of hydrogen-bond donors (Lipinski definition) is 0. The fourth-order valence-corrected chi connectivity index (χ4v) is 2.60. The molecule has 1 aliphatic heterocycles. The topological polar surface area (TPSA) is 61.6 Å². The van der Waals surface area contributed by atoms with Gasteiger partial charge in [0.05, 0.1) is 0 Å². The fraction of sp³-hybridized carbons (Fsp3) is 0.846. The molecule has 0 aromatic carbocycles. The van der Waals surface area contributed by atoms with E-state index in [0.29, 0.717) is 18.3 Å². The van der Waals surface area contributed by atoms with Gasteiger partial charge in [0.25, 0.3) is 5.54 Å². The van der Waals surface area contributed by atoms with Crippen molar-refractivity contribution in [3.63, 3.8) is 0 Å². The molecular formula is C13H21NO4. The summed E-state index contributed by atoms with van der Waals surface area (Å²) in [5, 5.41) is 11.1. The second-order valence-electron chi connectivity index (χ2n) is 5.41. The van der Waals surface area contributed by atoms with Crippen molar-refractivity contribution in [2.75, 3.05) is 13.2 Å². The van der Waals surface area contributed by atoms with Crippen LogP contribution in [0.4, 0.5) is 0 Å². The van der Waals surface area contributed by atoms with Gasteiger partial charge in [-0.1, -0.05) is 26.0 Å². The molecule has 0 radical (unpaired) electrons. The van der Waals surface area contributed by atoms with Gasteiger partial charge in [-0.2, -0.15) is 0 Å². The van der Waals surface area contributed by atoms with E-state index in [1.807, 2.05) is 6.92 Å². The molecule has 0 unspecified atom stereocenters. The Morgan fingerprint density at radius 1 is 1.33 bits per heavy atom. The van der Waals surface area contributed by atoms with Crippen molar-refractivity contribution in [2.45, 2.75) is 44.9 Å². The molecular weight excluding hydrogens is 234 g/mol. The van der Waals surface area contributed by atoms with Crippen LogP contribution in [0.15, 0.2) is 12.2 Å². The number of rotatable bonds is 3. The molecule has 102 valence electrons. The Labute approximate surface area is 107 Å². The molecule has 1 heterocycles. The Balaban J connectivity index is 1.97. The molecule has 0 spiro atoms. The van der Waals surface area contributed by atoms with Crippen molar-refractivity contribution < 1.29 is 14.4 Å². The highest BCUT2D eigenvalue weighted by molar-refractivity contribution is 4.95. The largest absolute Gasteiger partial charge is 0.345 e. The first-order valence-electron chi connectivity index (χ1n) is 6.62. The van der Waals surface area contributed by atoms with Crippen LogP contribution in [0.5, 0.6) is 0 Å². The Morgan fingerprint density at radius 2 is 1.94 bits per heavy atom. The van der Waals surface area contributed by atoms with Crippen molar-refractivity contribution in [3.05, 3.63) is 22.3 Å². The van der Waals surface area contributed by atoms with Crippen molar-refractivity contribution in [3.8, 4) is 0 Å². The summed E-state index contributed by atoms with van der Waals surface area (Å²) in [4.78, 5) is 10.8. The summed E-state index contributed by atoms with van der Waals surface area (Å²) >= 11 is 0. The fourth-order valence-electron chi connectivity index (χ4n) is 2.60. The second kappa shape index (κ2) is 5.36. The van der Waals surface area contributed by atoms with Crippen molar-refractivity contribution in [2.24, 2.45) is 11.8 Å². The van der Waals surface area contributed by atoms with Crippen LogP contribution in [0.3, 0.4) is 0 Å².